The second kappa shape index (κ2) is 3.23. The molecule has 13 heavy (non-hydrogen) atoms. The Hall–Kier alpha value is -1.27. The van der Waals surface area contributed by atoms with Gasteiger partial charge in [0.05, 0.1) is 0 Å². The molecule has 0 radical (unpaired) electrons. The Labute approximate surface area is 79.2 Å². The van der Waals surface area contributed by atoms with Crippen LogP contribution in [0.4, 0.5) is 0 Å². The third kappa shape index (κ3) is 1.45. The summed E-state index contributed by atoms with van der Waals surface area (Å²) in [6, 6.07) is 0. The van der Waals surface area contributed by atoms with Gasteiger partial charge in [-0.3, -0.25) is 0 Å². The van der Waals surface area contributed by atoms with Crippen LogP contribution in [-0.4, -0.2) is 19.7 Å². The lowest BCUT2D eigenvalue weighted by molar-refractivity contribution is 0.772. The number of aryl methyl sites for hydroxylation is 1. The van der Waals surface area contributed by atoms with Crippen molar-refractivity contribution in [3.8, 4) is 11.5 Å². The molecule has 5 nitrogen and oxygen atoms in total. The van der Waals surface area contributed by atoms with E-state index >= 15 is 0 Å². The van der Waals surface area contributed by atoms with Crippen LogP contribution in [0.5, 0.6) is 0 Å². The van der Waals surface area contributed by atoms with Crippen molar-refractivity contribution in [1.82, 2.24) is 19.7 Å². The predicted molar refractivity (Wildman–Crippen MR) is 50.0 cm³/mol. The van der Waals surface area contributed by atoms with Gasteiger partial charge in [0, 0.05) is 19.0 Å². The Morgan fingerprint density at radius 1 is 1.62 bits per heavy atom. The fraction of sp³-hybridized carbons (Fsp3) is 0.286. The van der Waals surface area contributed by atoms with Gasteiger partial charge in [-0.15, -0.1) is 11.3 Å². The monoisotopic (exact) mass is 195 g/mol. The summed E-state index contributed by atoms with van der Waals surface area (Å²) < 4.78 is 1.69. The van der Waals surface area contributed by atoms with Crippen LogP contribution in [0.3, 0.4) is 0 Å². The molecule has 0 amide bonds. The van der Waals surface area contributed by atoms with Crippen LogP contribution in [-0.2, 0) is 13.6 Å². The Bertz CT molecular complexity index is 404. The van der Waals surface area contributed by atoms with E-state index < -0.39 is 0 Å². The third-order valence-electron chi connectivity index (χ3n) is 1.67. The molecule has 0 aliphatic carbocycles. The minimum absolute atomic E-state index is 0.475. The zero-order valence-electron chi connectivity index (χ0n) is 7.14. The van der Waals surface area contributed by atoms with E-state index in [9.17, 15) is 0 Å². The number of nitrogens with two attached hydrogens (primary N) is 1. The van der Waals surface area contributed by atoms with Gasteiger partial charge in [-0.25, -0.2) is 14.6 Å². The van der Waals surface area contributed by atoms with Crippen molar-refractivity contribution in [3.63, 3.8) is 0 Å². The molecule has 0 bridgehead atoms. The Balaban J connectivity index is 2.41. The van der Waals surface area contributed by atoms with Gasteiger partial charge in [0.1, 0.15) is 17.0 Å². The van der Waals surface area contributed by atoms with E-state index in [2.05, 4.69) is 15.1 Å². The highest BCUT2D eigenvalue weighted by Gasteiger charge is 2.07. The Morgan fingerprint density at radius 3 is 3.00 bits per heavy atom. The normalized spacial score (nSPS) is 10.6. The minimum Gasteiger partial charge on any atom is -0.325 e. The maximum atomic E-state index is 5.46. The van der Waals surface area contributed by atoms with Crippen molar-refractivity contribution < 1.29 is 0 Å². The predicted octanol–water partition coefficient (Wildman–Crippen LogP) is 0.397. The molecule has 0 saturated carbocycles. The Morgan fingerprint density at radius 2 is 2.46 bits per heavy atom. The molecule has 2 aromatic heterocycles. The van der Waals surface area contributed by atoms with Crippen molar-refractivity contribution in [1.29, 1.82) is 0 Å². The van der Waals surface area contributed by atoms with Gasteiger partial charge in [-0.05, 0) is 0 Å². The Kier molecular flexibility index (Phi) is 2.07. The van der Waals surface area contributed by atoms with E-state index in [4.69, 9.17) is 5.73 Å². The van der Waals surface area contributed by atoms with Crippen molar-refractivity contribution >= 4 is 11.3 Å². The van der Waals surface area contributed by atoms with Crippen molar-refractivity contribution in [2.24, 2.45) is 12.8 Å². The summed E-state index contributed by atoms with van der Waals surface area (Å²) in [6.45, 7) is 0.475. The van der Waals surface area contributed by atoms with E-state index in [1.165, 1.54) is 17.7 Å². The number of hydrogen-bond acceptors (Lipinski definition) is 5. The summed E-state index contributed by atoms with van der Waals surface area (Å²) in [6.07, 6.45) is 1.51. The van der Waals surface area contributed by atoms with Crippen LogP contribution in [0.15, 0.2) is 11.7 Å². The highest BCUT2D eigenvalue weighted by atomic mass is 32.1. The maximum Gasteiger partial charge on any atom is 0.177 e. The average Bonchev–Trinajstić information content (AvgIpc) is 2.71. The minimum atomic E-state index is 0.475. The van der Waals surface area contributed by atoms with Gasteiger partial charge in [-0.1, -0.05) is 0 Å². The first-order valence-electron chi connectivity index (χ1n) is 3.80. The van der Waals surface area contributed by atoms with E-state index in [0.717, 1.165) is 16.5 Å². The van der Waals surface area contributed by atoms with Gasteiger partial charge in [0.15, 0.2) is 5.82 Å². The molecule has 0 saturated heterocycles. The summed E-state index contributed by atoms with van der Waals surface area (Å²) in [5, 5.41) is 6.82. The lowest BCUT2D eigenvalue weighted by Gasteiger charge is -1.93. The summed E-state index contributed by atoms with van der Waals surface area (Å²) in [5.74, 6) is 0.774. The second-order valence-electron chi connectivity index (χ2n) is 2.54. The summed E-state index contributed by atoms with van der Waals surface area (Å²) >= 11 is 1.54. The van der Waals surface area contributed by atoms with E-state index in [0.29, 0.717) is 6.54 Å². The van der Waals surface area contributed by atoms with E-state index in [-0.39, 0.29) is 0 Å². The third-order valence-corrected chi connectivity index (χ3v) is 2.54. The van der Waals surface area contributed by atoms with Crippen LogP contribution in [0.25, 0.3) is 11.5 Å². The fourth-order valence-corrected chi connectivity index (χ4v) is 1.69. The van der Waals surface area contributed by atoms with Gasteiger partial charge in [0.2, 0.25) is 0 Å². The topological polar surface area (TPSA) is 69.6 Å². The molecule has 0 fully saturated rings. The smallest absolute Gasteiger partial charge is 0.177 e. The molecular formula is C7H9N5S. The molecule has 0 aromatic carbocycles. The first-order valence-corrected chi connectivity index (χ1v) is 4.68. The largest absolute Gasteiger partial charge is 0.325 e. The molecule has 6 heteroatoms. The summed E-state index contributed by atoms with van der Waals surface area (Å²) in [7, 11) is 1.84. The highest BCUT2D eigenvalue weighted by Crippen LogP contribution is 2.18. The van der Waals surface area contributed by atoms with Crippen LogP contribution in [0.1, 0.15) is 5.01 Å². The van der Waals surface area contributed by atoms with Crippen LogP contribution >= 0.6 is 11.3 Å². The molecule has 0 atom stereocenters. The molecule has 0 unspecified atom stereocenters. The molecule has 2 aromatic rings. The van der Waals surface area contributed by atoms with Crippen LogP contribution in [0, 0.1) is 0 Å². The number of nitrogens with zero attached hydrogens (tertiary/aromatic N) is 4. The second-order valence-corrected chi connectivity index (χ2v) is 3.48. The molecule has 2 heterocycles. The standard InChI is InChI=1S/C7H9N5S/c1-12-7(9-4-10-12)5-3-13-6(2-8)11-5/h3-4H,2,8H2,1H3. The van der Waals surface area contributed by atoms with Crippen LogP contribution in [0.2, 0.25) is 0 Å². The van der Waals surface area contributed by atoms with Crippen molar-refractivity contribution in [2.45, 2.75) is 6.54 Å². The molecule has 2 rings (SSSR count). The number of thiazole rings is 1. The van der Waals surface area contributed by atoms with Gasteiger partial charge >= 0.3 is 0 Å². The molecule has 2 N–H and O–H groups in total. The molecular weight excluding hydrogens is 186 g/mol. The zero-order chi connectivity index (χ0) is 9.26. The average molecular weight is 195 g/mol. The lowest BCUT2D eigenvalue weighted by atomic mass is 10.4. The molecule has 0 aliphatic heterocycles. The van der Waals surface area contributed by atoms with Crippen molar-refractivity contribution in [2.75, 3.05) is 0 Å². The number of aromatic nitrogens is 4. The van der Waals surface area contributed by atoms with Gasteiger partial charge in [-0.2, -0.15) is 5.10 Å². The summed E-state index contributed by atoms with van der Waals surface area (Å²) in [5.41, 5.74) is 6.30. The van der Waals surface area contributed by atoms with E-state index in [1.54, 1.807) is 4.68 Å². The molecule has 0 aliphatic rings. The van der Waals surface area contributed by atoms with Gasteiger partial charge < -0.3 is 5.73 Å². The van der Waals surface area contributed by atoms with Crippen LogP contribution < -0.4 is 5.73 Å². The zero-order valence-corrected chi connectivity index (χ0v) is 7.95. The number of rotatable bonds is 2. The lowest BCUT2D eigenvalue weighted by Crippen LogP contribution is -1.97. The molecule has 68 valence electrons. The fourth-order valence-electron chi connectivity index (χ4n) is 1.04. The first-order chi connectivity index (χ1) is 6.31. The number of hydrogen-bond donors (Lipinski definition) is 1. The maximum absolute atomic E-state index is 5.46. The van der Waals surface area contributed by atoms with E-state index in [1.807, 2.05) is 12.4 Å². The first kappa shape index (κ1) is 8.33. The SMILES string of the molecule is Cn1ncnc1-c1csc(CN)n1. The summed E-state index contributed by atoms with van der Waals surface area (Å²) in [4.78, 5) is 8.39. The van der Waals surface area contributed by atoms with Gasteiger partial charge in [0.25, 0.3) is 0 Å². The van der Waals surface area contributed by atoms with Crippen molar-refractivity contribution in [3.05, 3.63) is 16.7 Å². The highest BCUT2D eigenvalue weighted by molar-refractivity contribution is 7.09. The quantitative estimate of drug-likeness (QED) is 0.753. The molecule has 0 spiro atoms.